The zero-order valence-corrected chi connectivity index (χ0v) is 13.6. The van der Waals surface area contributed by atoms with Crippen LogP contribution < -0.4 is 15.2 Å². The molecule has 2 aliphatic rings. The van der Waals surface area contributed by atoms with Gasteiger partial charge in [-0.25, -0.2) is 0 Å². The van der Waals surface area contributed by atoms with Crippen molar-refractivity contribution in [2.75, 3.05) is 26.8 Å². The topological polar surface area (TPSA) is 64.8 Å². The highest BCUT2D eigenvalue weighted by Gasteiger charge is 2.42. The minimum Gasteiger partial charge on any atom is -0.497 e. The molecule has 0 bridgehead atoms. The second-order valence-corrected chi connectivity index (χ2v) is 5.93. The van der Waals surface area contributed by atoms with E-state index in [9.17, 15) is 4.79 Å². The molecule has 3 atom stereocenters. The Bertz CT molecular complexity index is 526. The van der Waals surface area contributed by atoms with Crippen LogP contribution in [0.1, 0.15) is 12.8 Å². The van der Waals surface area contributed by atoms with Gasteiger partial charge in [0.25, 0.3) is 5.91 Å². The number of carbonyl (C=O) groups is 1. The first kappa shape index (κ1) is 16.9. The van der Waals surface area contributed by atoms with Crippen LogP contribution in [0.4, 0.5) is 0 Å². The Balaban J connectivity index is 0.00000176. The molecule has 0 radical (unpaired) electrons. The number of rotatable bonds is 4. The molecule has 0 spiro atoms. The molecule has 2 fully saturated rings. The Morgan fingerprint density at radius 1 is 1.32 bits per heavy atom. The van der Waals surface area contributed by atoms with Crippen molar-refractivity contribution in [2.24, 2.45) is 17.6 Å². The first-order valence-electron chi connectivity index (χ1n) is 7.47. The number of amides is 1. The number of methoxy groups -OCH3 is 1. The summed E-state index contributed by atoms with van der Waals surface area (Å²) in [5.41, 5.74) is 6.10. The number of hydrogen-bond donors (Lipinski definition) is 1. The van der Waals surface area contributed by atoms with Gasteiger partial charge in [0.2, 0.25) is 0 Å². The largest absolute Gasteiger partial charge is 0.497 e. The molecule has 6 heteroatoms. The van der Waals surface area contributed by atoms with Crippen LogP contribution in [0.5, 0.6) is 11.5 Å². The fourth-order valence-electron chi connectivity index (χ4n) is 3.44. The molecule has 1 heterocycles. The van der Waals surface area contributed by atoms with Crippen molar-refractivity contribution in [1.29, 1.82) is 0 Å². The molecule has 1 aromatic carbocycles. The molecule has 1 saturated heterocycles. The number of benzene rings is 1. The van der Waals surface area contributed by atoms with E-state index >= 15 is 0 Å². The van der Waals surface area contributed by atoms with E-state index in [2.05, 4.69) is 0 Å². The zero-order valence-electron chi connectivity index (χ0n) is 12.7. The van der Waals surface area contributed by atoms with Crippen LogP contribution in [0.15, 0.2) is 24.3 Å². The maximum absolute atomic E-state index is 12.2. The van der Waals surface area contributed by atoms with Gasteiger partial charge in [0, 0.05) is 25.2 Å². The molecular weight excluding hydrogens is 304 g/mol. The van der Waals surface area contributed by atoms with Crippen molar-refractivity contribution < 1.29 is 14.3 Å². The summed E-state index contributed by atoms with van der Waals surface area (Å²) in [6.45, 7) is 1.69. The zero-order chi connectivity index (χ0) is 14.8. The van der Waals surface area contributed by atoms with E-state index in [1.807, 2.05) is 23.1 Å². The lowest BCUT2D eigenvalue weighted by molar-refractivity contribution is -0.132. The molecule has 1 aromatic rings. The van der Waals surface area contributed by atoms with Gasteiger partial charge in [-0.3, -0.25) is 4.79 Å². The van der Waals surface area contributed by atoms with Crippen LogP contribution >= 0.6 is 12.4 Å². The monoisotopic (exact) mass is 326 g/mol. The van der Waals surface area contributed by atoms with Gasteiger partial charge in [0.15, 0.2) is 6.61 Å². The van der Waals surface area contributed by atoms with Gasteiger partial charge < -0.3 is 20.1 Å². The van der Waals surface area contributed by atoms with Gasteiger partial charge >= 0.3 is 0 Å². The van der Waals surface area contributed by atoms with Crippen molar-refractivity contribution in [2.45, 2.75) is 18.9 Å². The summed E-state index contributed by atoms with van der Waals surface area (Å²) in [6.07, 6.45) is 2.24. The highest BCUT2D eigenvalue weighted by Crippen LogP contribution is 2.37. The van der Waals surface area contributed by atoms with E-state index in [1.54, 1.807) is 13.2 Å². The first-order valence-corrected chi connectivity index (χ1v) is 7.47. The first-order chi connectivity index (χ1) is 10.2. The Hall–Kier alpha value is -1.46. The third kappa shape index (κ3) is 3.47. The van der Waals surface area contributed by atoms with E-state index in [1.165, 1.54) is 0 Å². The van der Waals surface area contributed by atoms with Crippen molar-refractivity contribution >= 4 is 18.3 Å². The van der Waals surface area contributed by atoms with Crippen LogP contribution in [0.2, 0.25) is 0 Å². The Kier molecular flexibility index (Phi) is 5.53. The maximum atomic E-state index is 12.2. The third-order valence-corrected chi connectivity index (χ3v) is 4.67. The Morgan fingerprint density at radius 3 is 2.82 bits per heavy atom. The summed E-state index contributed by atoms with van der Waals surface area (Å²) in [6, 6.07) is 7.55. The fraction of sp³-hybridized carbons (Fsp3) is 0.562. The molecule has 1 amide bonds. The van der Waals surface area contributed by atoms with Crippen LogP contribution in [0.3, 0.4) is 0 Å². The van der Waals surface area contributed by atoms with E-state index in [-0.39, 0.29) is 31.0 Å². The fourth-order valence-corrected chi connectivity index (χ4v) is 3.44. The molecule has 1 aliphatic carbocycles. The second-order valence-electron chi connectivity index (χ2n) is 5.93. The van der Waals surface area contributed by atoms with Gasteiger partial charge in [-0.1, -0.05) is 6.07 Å². The van der Waals surface area contributed by atoms with Crippen LogP contribution in [-0.2, 0) is 4.79 Å². The average molecular weight is 327 g/mol. The third-order valence-electron chi connectivity index (χ3n) is 4.67. The standard InChI is InChI=1S/C16H22N2O3.ClH/c1-20-12-3-2-4-13(7-12)21-10-16(19)18-8-11-5-6-15(17)14(11)9-18;/h2-4,7,11,14-15H,5-6,8-10,17H2,1H3;1H. The molecule has 22 heavy (non-hydrogen) atoms. The predicted octanol–water partition coefficient (Wildman–Crippen LogP) is 1.69. The van der Waals surface area contributed by atoms with Gasteiger partial charge in [0.05, 0.1) is 7.11 Å². The van der Waals surface area contributed by atoms with Gasteiger partial charge in [-0.15, -0.1) is 12.4 Å². The number of hydrogen-bond acceptors (Lipinski definition) is 4. The molecule has 0 aromatic heterocycles. The SMILES string of the molecule is COc1cccc(OCC(=O)N2CC3CCC(N)C3C2)c1.Cl. The Morgan fingerprint density at radius 2 is 2.09 bits per heavy atom. The second kappa shape index (κ2) is 7.20. The van der Waals surface area contributed by atoms with E-state index in [0.29, 0.717) is 17.6 Å². The van der Waals surface area contributed by atoms with Crippen molar-refractivity contribution in [3.63, 3.8) is 0 Å². The highest BCUT2D eigenvalue weighted by atomic mass is 35.5. The molecule has 2 N–H and O–H groups in total. The molecule has 122 valence electrons. The molecule has 1 saturated carbocycles. The van der Waals surface area contributed by atoms with E-state index in [0.717, 1.165) is 31.7 Å². The summed E-state index contributed by atoms with van der Waals surface area (Å²) in [5, 5.41) is 0. The van der Waals surface area contributed by atoms with Crippen LogP contribution in [-0.4, -0.2) is 43.7 Å². The summed E-state index contributed by atoms with van der Waals surface area (Å²) >= 11 is 0. The smallest absolute Gasteiger partial charge is 0.260 e. The number of halogens is 1. The van der Waals surface area contributed by atoms with Gasteiger partial charge in [-0.05, 0) is 36.8 Å². The minimum atomic E-state index is 0. The summed E-state index contributed by atoms with van der Waals surface area (Å²) in [4.78, 5) is 14.1. The molecular formula is C16H23ClN2O3. The minimum absolute atomic E-state index is 0. The molecule has 3 rings (SSSR count). The molecule has 1 aliphatic heterocycles. The highest BCUT2D eigenvalue weighted by molar-refractivity contribution is 5.85. The lowest BCUT2D eigenvalue weighted by Crippen LogP contribution is -2.36. The predicted molar refractivity (Wildman–Crippen MR) is 86.5 cm³/mol. The number of nitrogens with zero attached hydrogens (tertiary/aromatic N) is 1. The number of fused-ring (bicyclic) bond motifs is 1. The van der Waals surface area contributed by atoms with Crippen LogP contribution in [0, 0.1) is 11.8 Å². The number of likely N-dealkylation sites (tertiary alicyclic amines) is 1. The lowest BCUT2D eigenvalue weighted by Gasteiger charge is -2.19. The number of ether oxygens (including phenoxy) is 2. The van der Waals surface area contributed by atoms with Crippen molar-refractivity contribution in [3.8, 4) is 11.5 Å². The number of carbonyl (C=O) groups excluding carboxylic acids is 1. The molecule has 3 unspecified atom stereocenters. The van der Waals surface area contributed by atoms with E-state index in [4.69, 9.17) is 15.2 Å². The lowest BCUT2D eigenvalue weighted by atomic mass is 9.98. The normalized spacial score (nSPS) is 26.3. The van der Waals surface area contributed by atoms with E-state index < -0.39 is 0 Å². The average Bonchev–Trinajstić information content (AvgIpc) is 3.07. The van der Waals surface area contributed by atoms with Crippen molar-refractivity contribution in [3.05, 3.63) is 24.3 Å². The quantitative estimate of drug-likeness (QED) is 0.914. The Labute approximate surface area is 137 Å². The summed E-state index contributed by atoms with van der Waals surface area (Å²) < 4.78 is 10.7. The molecule has 5 nitrogen and oxygen atoms in total. The van der Waals surface area contributed by atoms with Gasteiger partial charge in [-0.2, -0.15) is 0 Å². The number of nitrogens with two attached hydrogens (primary N) is 1. The van der Waals surface area contributed by atoms with Crippen molar-refractivity contribution in [1.82, 2.24) is 4.90 Å². The summed E-state index contributed by atoms with van der Waals surface area (Å²) in [5.74, 6) is 2.48. The van der Waals surface area contributed by atoms with Gasteiger partial charge in [0.1, 0.15) is 11.5 Å². The maximum Gasteiger partial charge on any atom is 0.260 e. The van der Waals surface area contributed by atoms with Crippen LogP contribution in [0.25, 0.3) is 0 Å². The summed E-state index contributed by atoms with van der Waals surface area (Å²) in [7, 11) is 1.61.